The van der Waals surface area contributed by atoms with E-state index in [1.807, 2.05) is 0 Å². The number of esters is 1. The van der Waals surface area contributed by atoms with E-state index >= 15 is 0 Å². The molecule has 1 aromatic carbocycles. The lowest BCUT2D eigenvalue weighted by Crippen LogP contribution is -2.02. The van der Waals surface area contributed by atoms with Gasteiger partial charge in [0.2, 0.25) is 0 Å². The van der Waals surface area contributed by atoms with Gasteiger partial charge < -0.3 is 4.74 Å². The molecule has 0 aliphatic heterocycles. The molecule has 78 valence electrons. The number of ether oxygens (including phenoxy) is 1. The summed E-state index contributed by atoms with van der Waals surface area (Å²) in [6.07, 6.45) is 5.77. The van der Waals surface area contributed by atoms with E-state index in [1.54, 1.807) is 6.07 Å². The zero-order valence-corrected chi connectivity index (χ0v) is 8.42. The van der Waals surface area contributed by atoms with Crippen LogP contribution in [0, 0.1) is 18.2 Å². The second kappa shape index (κ2) is 5.16. The van der Waals surface area contributed by atoms with Gasteiger partial charge in [0.15, 0.2) is 0 Å². The highest BCUT2D eigenvalue weighted by atomic mass is 19.1. The molecule has 0 spiro atoms. The van der Waals surface area contributed by atoms with Crippen molar-refractivity contribution in [2.45, 2.75) is 12.8 Å². The van der Waals surface area contributed by atoms with Crippen molar-refractivity contribution in [3.05, 3.63) is 35.1 Å². The summed E-state index contributed by atoms with van der Waals surface area (Å²) >= 11 is 0. The Hall–Kier alpha value is -1.82. The van der Waals surface area contributed by atoms with Crippen LogP contribution in [0.15, 0.2) is 18.2 Å². The molecule has 3 heteroatoms. The number of terminal acetylenes is 1. The summed E-state index contributed by atoms with van der Waals surface area (Å²) in [7, 11) is 1.32. The number of hydrogen-bond donors (Lipinski definition) is 0. The molecule has 0 N–H and O–H groups in total. The fraction of sp³-hybridized carbons (Fsp3) is 0.250. The number of halogens is 1. The summed E-state index contributed by atoms with van der Waals surface area (Å²) in [6.45, 7) is 0. The summed E-state index contributed by atoms with van der Waals surface area (Å²) in [6, 6.07) is 4.58. The van der Waals surface area contributed by atoms with E-state index in [-0.39, 0.29) is 18.0 Å². The fourth-order valence-electron chi connectivity index (χ4n) is 1.18. The van der Waals surface area contributed by atoms with Gasteiger partial charge >= 0.3 is 5.97 Å². The van der Waals surface area contributed by atoms with Crippen molar-refractivity contribution < 1.29 is 13.9 Å². The Bertz CT molecular complexity index is 405. The van der Waals surface area contributed by atoms with E-state index in [1.165, 1.54) is 19.2 Å². The highest BCUT2D eigenvalue weighted by Crippen LogP contribution is 2.11. The van der Waals surface area contributed by atoms with Crippen LogP contribution in [0.2, 0.25) is 0 Å². The first-order chi connectivity index (χ1) is 7.17. The van der Waals surface area contributed by atoms with Crippen LogP contribution in [0.4, 0.5) is 4.39 Å². The van der Waals surface area contributed by atoms with E-state index in [0.29, 0.717) is 6.42 Å². The smallest absolute Gasteiger partial charge is 0.305 e. The van der Waals surface area contributed by atoms with Crippen LogP contribution < -0.4 is 0 Å². The fourth-order valence-corrected chi connectivity index (χ4v) is 1.18. The van der Waals surface area contributed by atoms with Crippen molar-refractivity contribution in [2.75, 3.05) is 7.11 Å². The van der Waals surface area contributed by atoms with Gasteiger partial charge in [0, 0.05) is 6.42 Å². The maximum Gasteiger partial charge on any atom is 0.305 e. The van der Waals surface area contributed by atoms with Gasteiger partial charge in [-0.2, -0.15) is 0 Å². The summed E-state index contributed by atoms with van der Waals surface area (Å²) in [5.41, 5.74) is 0.966. The molecule has 1 rings (SSSR count). The van der Waals surface area contributed by atoms with Gasteiger partial charge in [-0.05, 0) is 24.1 Å². The Labute approximate surface area is 88.1 Å². The molecule has 0 saturated heterocycles. The first-order valence-corrected chi connectivity index (χ1v) is 4.49. The van der Waals surface area contributed by atoms with Gasteiger partial charge in [0.25, 0.3) is 0 Å². The monoisotopic (exact) mass is 206 g/mol. The van der Waals surface area contributed by atoms with Gasteiger partial charge in [0.1, 0.15) is 5.82 Å². The molecule has 1 aromatic rings. The third-order valence-corrected chi connectivity index (χ3v) is 2.03. The van der Waals surface area contributed by atoms with Crippen LogP contribution in [0.25, 0.3) is 0 Å². The second-order valence-electron chi connectivity index (χ2n) is 3.03. The summed E-state index contributed by atoms with van der Waals surface area (Å²) in [5, 5.41) is 0. The molecule has 0 aliphatic carbocycles. The van der Waals surface area contributed by atoms with Gasteiger partial charge in [-0.3, -0.25) is 4.79 Å². The molecule has 0 bridgehead atoms. The maximum atomic E-state index is 13.2. The molecule has 0 aromatic heterocycles. The predicted molar refractivity (Wildman–Crippen MR) is 54.7 cm³/mol. The molecule has 0 heterocycles. The van der Waals surface area contributed by atoms with Gasteiger partial charge in [-0.15, -0.1) is 6.42 Å². The molecule has 0 fully saturated rings. The van der Waals surface area contributed by atoms with Crippen LogP contribution in [0.3, 0.4) is 0 Å². The number of aryl methyl sites for hydroxylation is 1. The molecule has 15 heavy (non-hydrogen) atoms. The normalized spacial score (nSPS) is 9.40. The second-order valence-corrected chi connectivity index (χ2v) is 3.03. The lowest BCUT2D eigenvalue weighted by Gasteiger charge is -2.01. The van der Waals surface area contributed by atoms with Gasteiger partial charge in [0.05, 0.1) is 12.7 Å². The number of carbonyl (C=O) groups is 1. The van der Waals surface area contributed by atoms with Crippen LogP contribution in [-0.4, -0.2) is 13.1 Å². The van der Waals surface area contributed by atoms with Crippen LogP contribution >= 0.6 is 0 Å². The molecular weight excluding hydrogens is 195 g/mol. The summed E-state index contributed by atoms with van der Waals surface area (Å²) in [4.78, 5) is 10.8. The average molecular weight is 206 g/mol. The molecular formula is C12H11FO2. The highest BCUT2D eigenvalue weighted by Gasteiger charge is 2.04. The topological polar surface area (TPSA) is 26.3 Å². The van der Waals surface area contributed by atoms with Crippen molar-refractivity contribution in [3.63, 3.8) is 0 Å². The molecule has 0 aliphatic rings. The minimum atomic E-state index is -0.431. The lowest BCUT2D eigenvalue weighted by atomic mass is 10.1. The van der Waals surface area contributed by atoms with Gasteiger partial charge in [-0.25, -0.2) is 4.39 Å². The SMILES string of the molecule is C#Cc1ccc(CCC(=O)OC)cc1F. The highest BCUT2D eigenvalue weighted by molar-refractivity contribution is 5.69. The standard InChI is InChI=1S/C12H11FO2/c1-3-10-6-4-9(8-11(10)13)5-7-12(14)15-2/h1,4,6,8H,5,7H2,2H3. The van der Waals surface area contributed by atoms with E-state index in [0.717, 1.165) is 5.56 Å². The predicted octanol–water partition coefficient (Wildman–Crippen LogP) is 1.91. The zero-order valence-electron chi connectivity index (χ0n) is 8.42. The van der Waals surface area contributed by atoms with Crippen molar-refractivity contribution in [3.8, 4) is 12.3 Å². The molecule has 0 saturated carbocycles. The van der Waals surface area contributed by atoms with Crippen LogP contribution in [0.5, 0.6) is 0 Å². The lowest BCUT2D eigenvalue weighted by molar-refractivity contribution is -0.140. The third-order valence-electron chi connectivity index (χ3n) is 2.03. The van der Waals surface area contributed by atoms with Crippen LogP contribution in [-0.2, 0) is 16.0 Å². The quantitative estimate of drug-likeness (QED) is 0.557. The van der Waals surface area contributed by atoms with Crippen LogP contribution in [0.1, 0.15) is 17.5 Å². The number of rotatable bonds is 3. The van der Waals surface area contributed by atoms with Crippen molar-refractivity contribution in [2.24, 2.45) is 0 Å². The molecule has 0 amide bonds. The summed E-state index contributed by atoms with van der Waals surface area (Å²) in [5.74, 6) is 1.49. The third kappa shape index (κ3) is 3.10. The zero-order chi connectivity index (χ0) is 11.3. The van der Waals surface area contributed by atoms with E-state index in [9.17, 15) is 9.18 Å². The van der Waals surface area contributed by atoms with Gasteiger partial charge in [-0.1, -0.05) is 12.0 Å². The first kappa shape index (κ1) is 11.3. The first-order valence-electron chi connectivity index (χ1n) is 4.49. The Morgan fingerprint density at radius 2 is 2.33 bits per heavy atom. The maximum absolute atomic E-state index is 13.2. The number of methoxy groups -OCH3 is 1. The largest absolute Gasteiger partial charge is 0.469 e. The molecule has 0 unspecified atom stereocenters. The number of carbonyl (C=O) groups excluding carboxylic acids is 1. The minimum absolute atomic E-state index is 0.233. The Kier molecular flexibility index (Phi) is 3.87. The van der Waals surface area contributed by atoms with Crippen molar-refractivity contribution >= 4 is 5.97 Å². The molecule has 2 nitrogen and oxygen atoms in total. The molecule has 0 atom stereocenters. The molecule has 0 radical (unpaired) electrons. The minimum Gasteiger partial charge on any atom is -0.469 e. The Morgan fingerprint density at radius 1 is 1.60 bits per heavy atom. The van der Waals surface area contributed by atoms with Crippen molar-refractivity contribution in [1.82, 2.24) is 0 Å². The van der Waals surface area contributed by atoms with Crippen molar-refractivity contribution in [1.29, 1.82) is 0 Å². The summed E-state index contributed by atoms with van der Waals surface area (Å²) < 4.78 is 17.7. The Balaban J connectivity index is 2.68. The van der Waals surface area contributed by atoms with E-state index in [4.69, 9.17) is 6.42 Å². The number of benzene rings is 1. The van der Waals surface area contributed by atoms with E-state index in [2.05, 4.69) is 10.7 Å². The average Bonchev–Trinajstić information content (AvgIpc) is 2.26. The van der Waals surface area contributed by atoms with E-state index < -0.39 is 5.82 Å². The Morgan fingerprint density at radius 3 is 2.87 bits per heavy atom. The number of hydrogen-bond acceptors (Lipinski definition) is 2.